The molecule has 0 saturated heterocycles. The van der Waals surface area contributed by atoms with Crippen LogP contribution in [0, 0.1) is 6.92 Å². The predicted molar refractivity (Wildman–Crippen MR) is 126 cm³/mol. The van der Waals surface area contributed by atoms with Gasteiger partial charge in [-0.05, 0) is 54.8 Å². The summed E-state index contributed by atoms with van der Waals surface area (Å²) < 4.78 is 5.88. The van der Waals surface area contributed by atoms with Gasteiger partial charge in [0.15, 0.2) is 0 Å². The zero-order chi connectivity index (χ0) is 22.3. The van der Waals surface area contributed by atoms with Gasteiger partial charge >= 0.3 is 0 Å². The second kappa shape index (κ2) is 9.88. The number of rotatable bonds is 8. The van der Waals surface area contributed by atoms with Gasteiger partial charge in [0.2, 0.25) is 11.8 Å². The van der Waals surface area contributed by atoms with Crippen LogP contribution in [0.2, 0.25) is 0 Å². The van der Waals surface area contributed by atoms with E-state index in [9.17, 15) is 4.79 Å². The van der Waals surface area contributed by atoms with E-state index in [4.69, 9.17) is 4.42 Å². The molecule has 0 spiro atoms. The number of benzene rings is 3. The largest absolute Gasteiger partial charge is 0.416 e. The summed E-state index contributed by atoms with van der Waals surface area (Å²) in [5.41, 5.74) is 4.57. The standard InChI is InChI=1S/C27H25N3O2/c1-3-18-30(19-17-21-10-5-4-6-11-21)27(31)23-15-13-22(14-16-23)25-28-29-26(32-25)24-12-8-7-9-20(24)2/h3-16H,1,17-19H2,2H3. The monoisotopic (exact) mass is 423 g/mol. The van der Waals surface area contributed by atoms with Crippen LogP contribution in [0.4, 0.5) is 0 Å². The van der Waals surface area contributed by atoms with Crippen molar-refractivity contribution in [3.8, 4) is 22.9 Å². The number of amides is 1. The van der Waals surface area contributed by atoms with Gasteiger partial charge in [-0.15, -0.1) is 16.8 Å². The van der Waals surface area contributed by atoms with Gasteiger partial charge in [-0.2, -0.15) is 0 Å². The van der Waals surface area contributed by atoms with Gasteiger partial charge in [0, 0.05) is 29.8 Å². The Hall–Kier alpha value is -3.99. The fourth-order valence-electron chi connectivity index (χ4n) is 3.54. The summed E-state index contributed by atoms with van der Waals surface area (Å²) in [5, 5.41) is 8.36. The third-order valence-corrected chi connectivity index (χ3v) is 5.33. The summed E-state index contributed by atoms with van der Waals surface area (Å²) in [5.74, 6) is 0.879. The molecule has 0 fully saturated rings. The third kappa shape index (κ3) is 4.83. The van der Waals surface area contributed by atoms with E-state index < -0.39 is 0 Å². The maximum atomic E-state index is 13.1. The molecule has 4 aromatic rings. The van der Waals surface area contributed by atoms with Gasteiger partial charge in [0.25, 0.3) is 5.91 Å². The molecule has 0 aliphatic rings. The Morgan fingerprint density at radius 3 is 2.34 bits per heavy atom. The van der Waals surface area contributed by atoms with Crippen LogP contribution in [-0.2, 0) is 6.42 Å². The molecule has 1 amide bonds. The smallest absolute Gasteiger partial charge is 0.254 e. The maximum absolute atomic E-state index is 13.1. The Morgan fingerprint density at radius 2 is 1.62 bits per heavy atom. The van der Waals surface area contributed by atoms with Gasteiger partial charge in [-0.3, -0.25) is 4.79 Å². The van der Waals surface area contributed by atoms with Crippen LogP contribution in [0.1, 0.15) is 21.5 Å². The molecule has 32 heavy (non-hydrogen) atoms. The normalized spacial score (nSPS) is 10.7. The zero-order valence-electron chi connectivity index (χ0n) is 18.1. The Morgan fingerprint density at radius 1 is 0.938 bits per heavy atom. The van der Waals surface area contributed by atoms with Crippen molar-refractivity contribution in [2.45, 2.75) is 13.3 Å². The van der Waals surface area contributed by atoms with E-state index in [1.807, 2.05) is 61.5 Å². The summed E-state index contributed by atoms with van der Waals surface area (Å²) in [6.07, 6.45) is 2.55. The lowest BCUT2D eigenvalue weighted by molar-refractivity contribution is 0.0775. The van der Waals surface area contributed by atoms with Crippen LogP contribution in [-0.4, -0.2) is 34.1 Å². The summed E-state index contributed by atoms with van der Waals surface area (Å²) in [7, 11) is 0. The van der Waals surface area contributed by atoms with Crippen molar-refractivity contribution < 1.29 is 9.21 Å². The van der Waals surface area contributed by atoms with Gasteiger partial charge in [-0.25, -0.2) is 0 Å². The second-order valence-electron chi connectivity index (χ2n) is 7.58. The van der Waals surface area contributed by atoms with Crippen molar-refractivity contribution in [2.24, 2.45) is 0 Å². The van der Waals surface area contributed by atoms with Crippen molar-refractivity contribution in [3.05, 3.63) is 108 Å². The molecule has 0 bridgehead atoms. The number of hydrogen-bond acceptors (Lipinski definition) is 4. The predicted octanol–water partition coefficient (Wildman–Crippen LogP) is 5.58. The van der Waals surface area contributed by atoms with Crippen LogP contribution in [0.15, 0.2) is 95.9 Å². The van der Waals surface area contributed by atoms with E-state index in [0.29, 0.717) is 30.4 Å². The van der Waals surface area contributed by atoms with Gasteiger partial charge in [0.05, 0.1) is 0 Å². The molecular formula is C27H25N3O2. The molecule has 0 aliphatic carbocycles. The molecule has 0 atom stereocenters. The quantitative estimate of drug-likeness (QED) is 0.347. The van der Waals surface area contributed by atoms with Crippen LogP contribution in [0.25, 0.3) is 22.9 Å². The minimum absolute atomic E-state index is 0.0292. The van der Waals surface area contributed by atoms with E-state index in [0.717, 1.165) is 23.1 Å². The summed E-state index contributed by atoms with van der Waals surface area (Å²) in [6.45, 7) is 6.93. The SMILES string of the molecule is C=CCN(CCc1ccccc1)C(=O)c1ccc(-c2nnc(-c3ccccc3C)o2)cc1. The summed E-state index contributed by atoms with van der Waals surface area (Å²) in [4.78, 5) is 14.9. The molecule has 4 rings (SSSR count). The molecule has 0 unspecified atom stereocenters. The van der Waals surface area contributed by atoms with Crippen LogP contribution < -0.4 is 0 Å². The lowest BCUT2D eigenvalue weighted by Crippen LogP contribution is -2.33. The van der Waals surface area contributed by atoms with Gasteiger partial charge < -0.3 is 9.32 Å². The highest BCUT2D eigenvalue weighted by Gasteiger charge is 2.16. The number of aromatic nitrogens is 2. The molecule has 0 radical (unpaired) electrons. The van der Waals surface area contributed by atoms with E-state index in [2.05, 4.69) is 28.9 Å². The highest BCUT2D eigenvalue weighted by atomic mass is 16.4. The highest BCUT2D eigenvalue weighted by molar-refractivity contribution is 5.94. The molecule has 1 aromatic heterocycles. The second-order valence-corrected chi connectivity index (χ2v) is 7.58. The van der Waals surface area contributed by atoms with Crippen LogP contribution in [0.3, 0.4) is 0 Å². The molecule has 0 aliphatic heterocycles. The number of carbonyl (C=O) groups excluding carboxylic acids is 1. The average molecular weight is 424 g/mol. The first-order chi connectivity index (χ1) is 15.7. The Kier molecular flexibility index (Phi) is 6.56. The van der Waals surface area contributed by atoms with E-state index in [-0.39, 0.29) is 5.91 Å². The van der Waals surface area contributed by atoms with Crippen LogP contribution >= 0.6 is 0 Å². The lowest BCUT2D eigenvalue weighted by Gasteiger charge is -2.21. The van der Waals surface area contributed by atoms with Crippen molar-refractivity contribution in [1.29, 1.82) is 0 Å². The van der Waals surface area contributed by atoms with E-state index >= 15 is 0 Å². The molecule has 3 aromatic carbocycles. The number of nitrogens with zero attached hydrogens (tertiary/aromatic N) is 3. The fourth-order valence-corrected chi connectivity index (χ4v) is 3.54. The number of hydrogen-bond donors (Lipinski definition) is 0. The highest BCUT2D eigenvalue weighted by Crippen LogP contribution is 2.26. The first-order valence-electron chi connectivity index (χ1n) is 10.6. The minimum atomic E-state index is -0.0292. The molecule has 160 valence electrons. The first-order valence-corrected chi connectivity index (χ1v) is 10.6. The van der Waals surface area contributed by atoms with Crippen molar-refractivity contribution >= 4 is 5.91 Å². The maximum Gasteiger partial charge on any atom is 0.254 e. The van der Waals surface area contributed by atoms with Crippen LogP contribution in [0.5, 0.6) is 0 Å². The number of carbonyl (C=O) groups is 1. The molecule has 5 nitrogen and oxygen atoms in total. The number of aryl methyl sites for hydroxylation is 1. The van der Waals surface area contributed by atoms with E-state index in [1.54, 1.807) is 23.1 Å². The lowest BCUT2D eigenvalue weighted by atomic mass is 10.1. The molecular weight excluding hydrogens is 398 g/mol. The third-order valence-electron chi connectivity index (χ3n) is 5.33. The summed E-state index contributed by atoms with van der Waals surface area (Å²) in [6, 6.07) is 25.3. The first kappa shape index (κ1) is 21.2. The Labute approximate surface area is 188 Å². The van der Waals surface area contributed by atoms with Gasteiger partial charge in [0.1, 0.15) is 0 Å². The Balaban J connectivity index is 1.48. The Bertz CT molecular complexity index is 1200. The molecule has 0 saturated carbocycles. The van der Waals surface area contributed by atoms with Crippen molar-refractivity contribution in [2.75, 3.05) is 13.1 Å². The average Bonchev–Trinajstić information content (AvgIpc) is 3.32. The van der Waals surface area contributed by atoms with Crippen molar-refractivity contribution in [3.63, 3.8) is 0 Å². The van der Waals surface area contributed by atoms with Gasteiger partial charge in [-0.1, -0.05) is 54.6 Å². The molecule has 1 heterocycles. The fraction of sp³-hybridized carbons (Fsp3) is 0.148. The molecule has 0 N–H and O–H groups in total. The van der Waals surface area contributed by atoms with Crippen molar-refractivity contribution in [1.82, 2.24) is 15.1 Å². The minimum Gasteiger partial charge on any atom is -0.416 e. The topological polar surface area (TPSA) is 59.2 Å². The van der Waals surface area contributed by atoms with E-state index in [1.165, 1.54) is 5.56 Å². The summed E-state index contributed by atoms with van der Waals surface area (Å²) >= 11 is 0. The molecule has 5 heteroatoms. The zero-order valence-corrected chi connectivity index (χ0v) is 18.1.